The van der Waals surface area contributed by atoms with Crippen molar-refractivity contribution in [3.05, 3.63) is 48.0 Å². The number of aromatic amines is 1. The Morgan fingerprint density at radius 1 is 1.18 bits per heavy atom. The molecule has 0 spiro atoms. The van der Waals surface area contributed by atoms with Gasteiger partial charge in [0.2, 0.25) is 0 Å². The molecule has 1 saturated carbocycles. The van der Waals surface area contributed by atoms with Crippen LogP contribution in [0.15, 0.2) is 36.7 Å². The Hall–Kier alpha value is -2.14. The van der Waals surface area contributed by atoms with Crippen LogP contribution in [0, 0.1) is 5.82 Å². The molecule has 4 nitrogen and oxygen atoms in total. The van der Waals surface area contributed by atoms with E-state index in [-0.39, 0.29) is 17.8 Å². The molecule has 3 rings (SSSR count). The minimum atomic E-state index is -0.481. The molecule has 1 heterocycles. The average Bonchev–Trinajstić information content (AvgIpc) is 3.00. The summed E-state index contributed by atoms with van der Waals surface area (Å²) in [4.78, 5) is 15.4. The zero-order valence-electron chi connectivity index (χ0n) is 12.2. The first kappa shape index (κ1) is 14.8. The third-order valence-electron chi connectivity index (χ3n) is 4.19. The van der Waals surface area contributed by atoms with Gasteiger partial charge in [0, 0.05) is 18.0 Å². The molecule has 0 aliphatic heterocycles. The lowest BCUT2D eigenvalue weighted by Gasteiger charge is -2.28. The minimum absolute atomic E-state index is 0.197. The number of aliphatic hydroxyl groups is 1. The second kappa shape index (κ2) is 6.32. The van der Waals surface area contributed by atoms with E-state index in [9.17, 15) is 14.3 Å². The Kier molecular flexibility index (Phi) is 4.24. The van der Waals surface area contributed by atoms with E-state index in [1.807, 2.05) is 0 Å². The van der Waals surface area contributed by atoms with Crippen molar-refractivity contribution in [1.82, 2.24) is 10.3 Å². The van der Waals surface area contributed by atoms with Gasteiger partial charge in [-0.2, -0.15) is 0 Å². The fourth-order valence-corrected chi connectivity index (χ4v) is 2.95. The van der Waals surface area contributed by atoms with Crippen molar-refractivity contribution in [2.45, 2.75) is 37.8 Å². The van der Waals surface area contributed by atoms with Crippen molar-refractivity contribution in [3.8, 4) is 11.1 Å². The standard InChI is InChI=1S/C17H19FN2O2/c18-12-7-5-11(6-8-12)13-9-19-10-14(13)17(22)20-15-3-1-2-4-16(15)21/h5-10,15-16,19,21H,1-4H2,(H,20,22). The van der Waals surface area contributed by atoms with Gasteiger partial charge in [0.05, 0.1) is 17.7 Å². The molecule has 0 radical (unpaired) electrons. The zero-order valence-corrected chi connectivity index (χ0v) is 12.2. The molecule has 1 fully saturated rings. The number of aliphatic hydroxyl groups excluding tert-OH is 1. The van der Waals surface area contributed by atoms with Crippen molar-refractivity contribution < 1.29 is 14.3 Å². The molecule has 22 heavy (non-hydrogen) atoms. The number of aromatic nitrogens is 1. The second-order valence-electron chi connectivity index (χ2n) is 5.72. The highest BCUT2D eigenvalue weighted by Crippen LogP contribution is 2.25. The lowest BCUT2D eigenvalue weighted by Crippen LogP contribution is -2.45. The number of carbonyl (C=O) groups is 1. The summed E-state index contributed by atoms with van der Waals surface area (Å²) in [5.41, 5.74) is 2.00. The number of hydrogen-bond acceptors (Lipinski definition) is 2. The maximum atomic E-state index is 13.0. The van der Waals surface area contributed by atoms with Crippen LogP contribution in [0.1, 0.15) is 36.0 Å². The number of nitrogens with one attached hydrogen (secondary N) is 2. The van der Waals surface area contributed by atoms with Crippen LogP contribution in [-0.4, -0.2) is 28.1 Å². The summed E-state index contributed by atoms with van der Waals surface area (Å²) in [6.45, 7) is 0. The quantitative estimate of drug-likeness (QED) is 0.816. The average molecular weight is 302 g/mol. The molecule has 2 unspecified atom stereocenters. The van der Waals surface area contributed by atoms with Gasteiger partial charge >= 0.3 is 0 Å². The van der Waals surface area contributed by atoms with Crippen LogP contribution in [0.25, 0.3) is 11.1 Å². The van der Waals surface area contributed by atoms with Crippen LogP contribution in [0.3, 0.4) is 0 Å². The van der Waals surface area contributed by atoms with Crippen LogP contribution in [0.5, 0.6) is 0 Å². The van der Waals surface area contributed by atoms with E-state index >= 15 is 0 Å². The normalized spacial score (nSPS) is 21.5. The molecule has 116 valence electrons. The van der Waals surface area contributed by atoms with Gasteiger partial charge in [-0.3, -0.25) is 4.79 Å². The Bertz CT molecular complexity index is 651. The lowest BCUT2D eigenvalue weighted by atomic mass is 9.92. The van der Waals surface area contributed by atoms with Gasteiger partial charge in [-0.05, 0) is 30.5 Å². The molecule has 1 aromatic carbocycles. The Morgan fingerprint density at radius 3 is 2.64 bits per heavy atom. The summed E-state index contributed by atoms with van der Waals surface area (Å²) in [5, 5.41) is 12.9. The van der Waals surface area contributed by atoms with Crippen molar-refractivity contribution >= 4 is 5.91 Å². The maximum absolute atomic E-state index is 13.0. The van der Waals surface area contributed by atoms with Crippen molar-refractivity contribution in [3.63, 3.8) is 0 Å². The molecule has 2 atom stereocenters. The predicted molar refractivity (Wildman–Crippen MR) is 81.9 cm³/mol. The first-order chi connectivity index (χ1) is 10.6. The van der Waals surface area contributed by atoms with E-state index in [1.54, 1.807) is 24.5 Å². The van der Waals surface area contributed by atoms with Gasteiger partial charge in [-0.25, -0.2) is 4.39 Å². The Labute approximate surface area is 128 Å². The summed E-state index contributed by atoms with van der Waals surface area (Å²) in [7, 11) is 0. The van der Waals surface area contributed by atoms with Crippen LogP contribution < -0.4 is 5.32 Å². The topological polar surface area (TPSA) is 65.1 Å². The molecule has 1 aliphatic carbocycles. The van der Waals surface area contributed by atoms with Crippen molar-refractivity contribution in [1.29, 1.82) is 0 Å². The highest BCUT2D eigenvalue weighted by molar-refractivity contribution is 6.00. The Balaban J connectivity index is 1.79. The van der Waals surface area contributed by atoms with Crippen LogP contribution in [-0.2, 0) is 0 Å². The van der Waals surface area contributed by atoms with E-state index in [0.717, 1.165) is 36.8 Å². The van der Waals surface area contributed by atoms with Gasteiger partial charge in [0.1, 0.15) is 5.82 Å². The molecule has 1 aromatic heterocycles. The summed E-state index contributed by atoms with van der Waals surface area (Å²) >= 11 is 0. The third-order valence-corrected chi connectivity index (χ3v) is 4.19. The summed E-state index contributed by atoms with van der Waals surface area (Å²) < 4.78 is 13.0. The van der Waals surface area contributed by atoms with E-state index in [0.29, 0.717) is 5.56 Å². The lowest BCUT2D eigenvalue weighted by molar-refractivity contribution is 0.0718. The van der Waals surface area contributed by atoms with Gasteiger partial charge < -0.3 is 15.4 Å². The molecule has 5 heteroatoms. The van der Waals surface area contributed by atoms with Gasteiger partial charge in [0.25, 0.3) is 5.91 Å². The van der Waals surface area contributed by atoms with Gasteiger partial charge in [-0.1, -0.05) is 25.0 Å². The largest absolute Gasteiger partial charge is 0.391 e. The number of benzene rings is 1. The number of H-pyrrole nitrogens is 1. The monoisotopic (exact) mass is 302 g/mol. The molecule has 1 amide bonds. The highest BCUT2D eigenvalue weighted by Gasteiger charge is 2.26. The highest BCUT2D eigenvalue weighted by atomic mass is 19.1. The molecule has 0 bridgehead atoms. The van der Waals surface area contributed by atoms with E-state index in [2.05, 4.69) is 10.3 Å². The first-order valence-electron chi connectivity index (χ1n) is 7.57. The molecular formula is C17H19FN2O2. The number of amides is 1. The van der Waals surface area contributed by atoms with E-state index in [1.165, 1.54) is 12.1 Å². The molecule has 2 aromatic rings. The SMILES string of the molecule is O=C(NC1CCCCC1O)c1c[nH]cc1-c1ccc(F)cc1. The van der Waals surface area contributed by atoms with Gasteiger partial charge in [0.15, 0.2) is 0 Å². The fourth-order valence-electron chi connectivity index (χ4n) is 2.95. The van der Waals surface area contributed by atoms with Crippen LogP contribution >= 0.6 is 0 Å². The van der Waals surface area contributed by atoms with Crippen molar-refractivity contribution in [2.24, 2.45) is 0 Å². The van der Waals surface area contributed by atoms with Crippen LogP contribution in [0.4, 0.5) is 4.39 Å². The third kappa shape index (κ3) is 3.04. The first-order valence-corrected chi connectivity index (χ1v) is 7.57. The molecule has 1 aliphatic rings. The molecule has 3 N–H and O–H groups in total. The smallest absolute Gasteiger partial charge is 0.253 e. The zero-order chi connectivity index (χ0) is 15.5. The summed E-state index contributed by atoms with van der Waals surface area (Å²) in [5.74, 6) is -0.526. The van der Waals surface area contributed by atoms with E-state index in [4.69, 9.17) is 0 Å². The summed E-state index contributed by atoms with van der Waals surface area (Å²) in [6.07, 6.45) is 6.40. The number of hydrogen-bond donors (Lipinski definition) is 3. The number of carbonyl (C=O) groups excluding carboxylic acids is 1. The van der Waals surface area contributed by atoms with Crippen molar-refractivity contribution in [2.75, 3.05) is 0 Å². The number of halogens is 1. The molecule has 0 saturated heterocycles. The predicted octanol–water partition coefficient (Wildman–Crippen LogP) is 2.85. The Morgan fingerprint density at radius 2 is 1.91 bits per heavy atom. The second-order valence-corrected chi connectivity index (χ2v) is 5.72. The van der Waals surface area contributed by atoms with E-state index < -0.39 is 6.10 Å². The fraction of sp³-hybridized carbons (Fsp3) is 0.353. The maximum Gasteiger partial charge on any atom is 0.253 e. The van der Waals surface area contributed by atoms with Gasteiger partial charge in [-0.15, -0.1) is 0 Å². The van der Waals surface area contributed by atoms with Crippen LogP contribution in [0.2, 0.25) is 0 Å². The minimum Gasteiger partial charge on any atom is -0.391 e. The number of rotatable bonds is 3. The molecular weight excluding hydrogens is 283 g/mol. The summed E-state index contributed by atoms with van der Waals surface area (Å²) in [6, 6.07) is 5.83.